The summed E-state index contributed by atoms with van der Waals surface area (Å²) in [6, 6.07) is 8.75. The predicted molar refractivity (Wildman–Crippen MR) is 112 cm³/mol. The van der Waals surface area contributed by atoms with E-state index in [1.54, 1.807) is 24.3 Å². The summed E-state index contributed by atoms with van der Waals surface area (Å²) in [6.07, 6.45) is 3.47. The lowest BCUT2D eigenvalue weighted by Crippen LogP contribution is -2.24. The van der Waals surface area contributed by atoms with Crippen LogP contribution in [0.5, 0.6) is 6.01 Å². The van der Waals surface area contributed by atoms with Crippen molar-refractivity contribution < 1.29 is 17.9 Å². The van der Waals surface area contributed by atoms with Crippen LogP contribution in [0.15, 0.2) is 24.3 Å². The Kier molecular flexibility index (Phi) is 6.77. The van der Waals surface area contributed by atoms with E-state index < -0.39 is 12.8 Å². The van der Waals surface area contributed by atoms with Crippen LogP contribution in [-0.4, -0.2) is 27.7 Å². The Labute approximate surface area is 185 Å². The number of hydrogen-bond donors (Lipinski definition) is 1. The summed E-state index contributed by atoms with van der Waals surface area (Å²) >= 11 is 0. The molecule has 6 nitrogen and oxygen atoms in total. The summed E-state index contributed by atoms with van der Waals surface area (Å²) in [6.45, 7) is -1.08. The fraction of sp³-hybridized carbons (Fsp3) is 0.565. The first-order valence-electron chi connectivity index (χ1n) is 11.1. The van der Waals surface area contributed by atoms with Crippen LogP contribution in [0.25, 0.3) is 0 Å². The second-order valence-electron chi connectivity index (χ2n) is 8.76. The molecule has 0 spiro atoms. The lowest BCUT2D eigenvalue weighted by atomic mass is 9.75. The Morgan fingerprint density at radius 3 is 2.56 bits per heavy atom. The minimum atomic E-state index is -4.47. The average molecular weight is 445 g/mol. The average Bonchev–Trinajstić information content (AvgIpc) is 3.24. The molecular weight excluding hydrogens is 419 g/mol. The van der Waals surface area contributed by atoms with E-state index in [0.29, 0.717) is 30.3 Å². The van der Waals surface area contributed by atoms with Crippen molar-refractivity contribution >= 4 is 5.95 Å². The number of nitriles is 1. The van der Waals surface area contributed by atoms with Gasteiger partial charge in [-0.05, 0) is 54.7 Å². The van der Waals surface area contributed by atoms with Gasteiger partial charge in [0.05, 0.1) is 11.6 Å². The topological polar surface area (TPSA) is 83.7 Å². The lowest BCUT2D eigenvalue weighted by Gasteiger charge is -2.31. The molecule has 2 saturated carbocycles. The summed E-state index contributed by atoms with van der Waals surface area (Å²) < 4.78 is 42.7. The van der Waals surface area contributed by atoms with Crippen LogP contribution in [-0.2, 0) is 13.0 Å². The highest BCUT2D eigenvalue weighted by molar-refractivity contribution is 5.34. The molecule has 2 aliphatic carbocycles. The summed E-state index contributed by atoms with van der Waals surface area (Å²) in [5.74, 6) is 2.66. The number of halogens is 3. The van der Waals surface area contributed by atoms with Crippen molar-refractivity contribution in [2.24, 2.45) is 17.8 Å². The van der Waals surface area contributed by atoms with Crippen LogP contribution in [0.2, 0.25) is 0 Å². The third-order valence-corrected chi connectivity index (χ3v) is 6.43. The predicted octanol–water partition coefficient (Wildman–Crippen LogP) is 5.06. The third kappa shape index (κ3) is 6.09. The third-order valence-electron chi connectivity index (χ3n) is 6.43. The van der Waals surface area contributed by atoms with E-state index in [1.165, 1.54) is 25.7 Å². The van der Waals surface area contributed by atoms with Crippen molar-refractivity contribution in [2.45, 2.75) is 57.7 Å². The number of fused-ring (bicyclic) bond motifs is 1. The minimum Gasteiger partial charge on any atom is -0.454 e. The van der Waals surface area contributed by atoms with Gasteiger partial charge in [-0.2, -0.15) is 33.4 Å². The molecule has 170 valence electrons. The summed E-state index contributed by atoms with van der Waals surface area (Å²) in [4.78, 5) is 12.7. The van der Waals surface area contributed by atoms with Gasteiger partial charge in [-0.25, -0.2) is 0 Å². The fourth-order valence-corrected chi connectivity index (χ4v) is 4.90. The zero-order valence-corrected chi connectivity index (χ0v) is 17.7. The van der Waals surface area contributed by atoms with Crippen molar-refractivity contribution in [2.75, 3.05) is 11.9 Å². The number of alkyl halides is 3. The molecule has 3 atom stereocenters. The van der Waals surface area contributed by atoms with E-state index in [9.17, 15) is 13.2 Å². The Bertz CT molecular complexity index is 958. The maximum absolute atomic E-state index is 12.6. The SMILES string of the molecule is N#Cc1ccc(CNc2nc(CC3CCC4CCCC4C3)nc(OCC(F)(F)F)n2)cc1. The number of nitrogens with zero attached hydrogens (tertiary/aromatic N) is 4. The second kappa shape index (κ2) is 9.72. The normalized spacial score (nSPS) is 22.8. The molecule has 1 heterocycles. The monoisotopic (exact) mass is 445 g/mol. The molecular formula is C23H26F3N5O. The van der Waals surface area contributed by atoms with E-state index in [-0.39, 0.29) is 12.0 Å². The van der Waals surface area contributed by atoms with Gasteiger partial charge in [0.1, 0.15) is 5.82 Å². The fourth-order valence-electron chi connectivity index (χ4n) is 4.90. The van der Waals surface area contributed by atoms with E-state index in [4.69, 9.17) is 10.00 Å². The van der Waals surface area contributed by atoms with Crippen molar-refractivity contribution in [1.29, 1.82) is 5.26 Å². The van der Waals surface area contributed by atoms with Crippen molar-refractivity contribution in [3.05, 3.63) is 41.2 Å². The van der Waals surface area contributed by atoms with Crippen LogP contribution in [0.3, 0.4) is 0 Å². The quantitative estimate of drug-likeness (QED) is 0.642. The molecule has 1 aromatic carbocycles. The smallest absolute Gasteiger partial charge is 0.422 e. The summed E-state index contributed by atoms with van der Waals surface area (Å²) in [5, 5.41) is 11.9. The Morgan fingerprint density at radius 2 is 1.81 bits per heavy atom. The van der Waals surface area contributed by atoms with E-state index >= 15 is 0 Å². The molecule has 2 fully saturated rings. The number of aromatic nitrogens is 3. The first-order valence-corrected chi connectivity index (χ1v) is 11.1. The van der Waals surface area contributed by atoms with Crippen LogP contribution >= 0.6 is 0 Å². The highest BCUT2D eigenvalue weighted by Crippen LogP contribution is 2.44. The highest BCUT2D eigenvalue weighted by Gasteiger charge is 2.34. The standard InChI is InChI=1S/C23H26F3N5O/c24-23(25,26)14-32-22-30-20(11-17-8-9-18-2-1-3-19(18)10-17)29-21(31-22)28-13-16-6-4-15(12-27)5-7-16/h4-7,17-19H,1-3,8-11,13-14H2,(H,28,29,30,31). The van der Waals surface area contributed by atoms with Gasteiger partial charge >= 0.3 is 12.2 Å². The number of hydrogen-bond acceptors (Lipinski definition) is 6. The molecule has 0 bridgehead atoms. The molecule has 2 aromatic rings. The van der Waals surface area contributed by atoms with Gasteiger partial charge in [-0.1, -0.05) is 31.4 Å². The van der Waals surface area contributed by atoms with Crippen LogP contribution in [0.1, 0.15) is 55.5 Å². The first kappa shape index (κ1) is 22.3. The Balaban J connectivity index is 1.46. The minimum absolute atomic E-state index is 0.186. The molecule has 0 radical (unpaired) electrons. The number of anilines is 1. The van der Waals surface area contributed by atoms with E-state index in [1.807, 2.05) is 0 Å². The molecule has 0 amide bonds. The highest BCUT2D eigenvalue weighted by atomic mass is 19.4. The van der Waals surface area contributed by atoms with Gasteiger partial charge in [0.2, 0.25) is 5.95 Å². The van der Waals surface area contributed by atoms with Gasteiger partial charge in [0.15, 0.2) is 6.61 Å². The largest absolute Gasteiger partial charge is 0.454 e. The molecule has 32 heavy (non-hydrogen) atoms. The van der Waals surface area contributed by atoms with E-state index in [0.717, 1.165) is 30.2 Å². The van der Waals surface area contributed by atoms with Crippen LogP contribution in [0, 0.1) is 29.1 Å². The van der Waals surface area contributed by atoms with Gasteiger partial charge in [0.25, 0.3) is 0 Å². The van der Waals surface area contributed by atoms with Gasteiger partial charge in [0, 0.05) is 13.0 Å². The van der Waals surface area contributed by atoms with Crippen molar-refractivity contribution in [3.63, 3.8) is 0 Å². The first-order chi connectivity index (χ1) is 15.4. The molecule has 1 N–H and O–H groups in total. The maximum atomic E-state index is 12.6. The molecule has 1 aromatic heterocycles. The molecule has 9 heteroatoms. The van der Waals surface area contributed by atoms with Crippen LogP contribution in [0.4, 0.5) is 19.1 Å². The van der Waals surface area contributed by atoms with Crippen molar-refractivity contribution in [1.82, 2.24) is 15.0 Å². The lowest BCUT2D eigenvalue weighted by molar-refractivity contribution is -0.154. The molecule has 3 unspecified atom stereocenters. The summed E-state index contributed by atoms with van der Waals surface area (Å²) in [5.41, 5.74) is 1.44. The maximum Gasteiger partial charge on any atom is 0.422 e. The molecule has 0 aliphatic heterocycles. The van der Waals surface area contributed by atoms with Gasteiger partial charge < -0.3 is 10.1 Å². The number of rotatable bonds is 7. The number of benzene rings is 1. The molecule has 0 saturated heterocycles. The van der Waals surface area contributed by atoms with Crippen LogP contribution < -0.4 is 10.1 Å². The zero-order valence-electron chi connectivity index (χ0n) is 17.7. The van der Waals surface area contributed by atoms with E-state index in [2.05, 4.69) is 26.3 Å². The van der Waals surface area contributed by atoms with Gasteiger partial charge in [-0.3, -0.25) is 0 Å². The Hall–Kier alpha value is -2.89. The Morgan fingerprint density at radius 1 is 1.03 bits per heavy atom. The second-order valence-corrected chi connectivity index (χ2v) is 8.76. The zero-order chi connectivity index (χ0) is 22.6. The van der Waals surface area contributed by atoms with Gasteiger partial charge in [-0.15, -0.1) is 0 Å². The number of nitrogens with one attached hydrogen (secondary N) is 1. The summed E-state index contributed by atoms with van der Waals surface area (Å²) in [7, 11) is 0. The molecule has 4 rings (SSSR count). The van der Waals surface area contributed by atoms with Crippen molar-refractivity contribution in [3.8, 4) is 12.1 Å². The number of ether oxygens (including phenoxy) is 1. The molecule has 2 aliphatic rings.